The maximum Gasteiger partial charge on any atom is 0.227 e. The molecule has 0 saturated heterocycles. The fourth-order valence-electron chi connectivity index (χ4n) is 7.37. The van der Waals surface area contributed by atoms with Crippen LogP contribution in [0, 0.1) is 0 Å². The zero-order valence-electron chi connectivity index (χ0n) is 24.2. The minimum Gasteiger partial charge on any atom is -0.456 e. The van der Waals surface area contributed by atoms with Crippen LogP contribution in [0.15, 0.2) is 154 Å². The minimum absolute atomic E-state index is 0.232. The minimum atomic E-state index is 0.232. The van der Waals surface area contributed by atoms with Crippen LogP contribution in [0.1, 0.15) is 11.5 Å². The van der Waals surface area contributed by atoms with Crippen molar-refractivity contribution >= 4 is 55.2 Å². The van der Waals surface area contributed by atoms with Gasteiger partial charge in [-0.2, -0.15) is 0 Å². The van der Waals surface area contributed by atoms with E-state index in [-0.39, 0.29) is 6.04 Å². The number of aromatic nitrogens is 1. The number of hydrogen-bond donors (Lipinski definition) is 0. The van der Waals surface area contributed by atoms with Crippen LogP contribution in [0.25, 0.3) is 66.4 Å². The van der Waals surface area contributed by atoms with Crippen molar-refractivity contribution < 1.29 is 8.83 Å². The molecule has 6 aromatic carbocycles. The zero-order valence-corrected chi connectivity index (χ0v) is 24.2. The van der Waals surface area contributed by atoms with Gasteiger partial charge in [0, 0.05) is 28.2 Å². The van der Waals surface area contributed by atoms with Gasteiger partial charge in [-0.1, -0.05) is 91.0 Å². The SMILES string of the molecule is C1=CC2c3c(ccc4ccccc34)N(c3ccc(-c4nc5ccc6oc7cc(-c8ccccc8)ccc7c6c5o4)cc3)C2C=C1. The van der Waals surface area contributed by atoms with Gasteiger partial charge in [-0.25, -0.2) is 4.98 Å². The largest absolute Gasteiger partial charge is 0.456 e. The van der Waals surface area contributed by atoms with E-state index in [0.29, 0.717) is 11.8 Å². The average molecular weight is 579 g/mol. The number of furan rings is 1. The predicted molar refractivity (Wildman–Crippen MR) is 183 cm³/mol. The lowest BCUT2D eigenvalue weighted by Gasteiger charge is -2.28. The monoisotopic (exact) mass is 578 g/mol. The number of benzene rings is 6. The van der Waals surface area contributed by atoms with E-state index in [1.807, 2.05) is 18.2 Å². The van der Waals surface area contributed by atoms with Crippen LogP contribution in [-0.2, 0) is 0 Å². The molecule has 0 bridgehead atoms. The van der Waals surface area contributed by atoms with Crippen LogP contribution in [0.3, 0.4) is 0 Å². The van der Waals surface area contributed by atoms with Gasteiger partial charge in [-0.3, -0.25) is 0 Å². The number of hydrogen-bond acceptors (Lipinski definition) is 4. The smallest absolute Gasteiger partial charge is 0.227 e. The normalized spacial score (nSPS) is 17.1. The average Bonchev–Trinajstić information content (AvgIpc) is 3.80. The highest BCUT2D eigenvalue weighted by Crippen LogP contribution is 2.50. The molecule has 0 radical (unpaired) electrons. The molecule has 0 amide bonds. The maximum absolute atomic E-state index is 6.50. The molecule has 0 fully saturated rings. The molecule has 0 spiro atoms. The summed E-state index contributed by atoms with van der Waals surface area (Å²) in [6, 6.07) is 42.8. The molecule has 2 aromatic heterocycles. The van der Waals surface area contributed by atoms with Crippen molar-refractivity contribution in [2.45, 2.75) is 12.0 Å². The van der Waals surface area contributed by atoms with Crippen molar-refractivity contribution in [3.8, 4) is 22.6 Å². The molecule has 4 nitrogen and oxygen atoms in total. The van der Waals surface area contributed by atoms with E-state index in [2.05, 4.69) is 132 Å². The Labute approximate surface area is 259 Å². The Hall–Kier alpha value is -5.87. The predicted octanol–water partition coefficient (Wildman–Crippen LogP) is 10.9. The molecule has 2 unspecified atom stereocenters. The summed E-state index contributed by atoms with van der Waals surface area (Å²) in [5, 5.41) is 4.59. The Morgan fingerprint density at radius 3 is 2.33 bits per heavy atom. The Morgan fingerprint density at radius 1 is 0.600 bits per heavy atom. The van der Waals surface area contributed by atoms with Crippen molar-refractivity contribution in [3.63, 3.8) is 0 Å². The summed E-state index contributed by atoms with van der Waals surface area (Å²) in [4.78, 5) is 7.37. The topological polar surface area (TPSA) is 42.4 Å². The van der Waals surface area contributed by atoms with Crippen LogP contribution >= 0.6 is 0 Å². The Kier molecular flexibility index (Phi) is 5.08. The van der Waals surface area contributed by atoms with E-state index in [1.54, 1.807) is 0 Å². The third-order valence-electron chi connectivity index (χ3n) is 9.43. The second-order valence-electron chi connectivity index (χ2n) is 11.9. The third kappa shape index (κ3) is 3.63. The molecule has 4 heteroatoms. The van der Waals surface area contributed by atoms with Gasteiger partial charge in [-0.15, -0.1) is 0 Å². The first-order chi connectivity index (χ1) is 22.3. The summed E-state index contributed by atoms with van der Waals surface area (Å²) in [7, 11) is 0. The molecular formula is C41H26N2O2. The molecule has 3 heterocycles. The zero-order chi connectivity index (χ0) is 29.5. The standard InChI is InChI=1S/C41H26N2O2/c1-2-8-25(9-3-1)28-16-20-32-37(24-28)44-36-23-21-33-40(39(32)36)45-41(42-33)27-14-18-29(19-15-27)43-34-13-7-6-12-31(34)38-30-11-5-4-10-26(30)17-22-35(38)43/h1-24,31,34H. The Balaban J connectivity index is 1.05. The van der Waals surface area contributed by atoms with Crippen LogP contribution < -0.4 is 4.90 Å². The second kappa shape index (κ2) is 9.31. The van der Waals surface area contributed by atoms with E-state index in [1.165, 1.54) is 22.0 Å². The van der Waals surface area contributed by atoms with E-state index in [9.17, 15) is 0 Å². The van der Waals surface area contributed by atoms with Gasteiger partial charge in [0.25, 0.3) is 0 Å². The first-order valence-corrected chi connectivity index (χ1v) is 15.4. The van der Waals surface area contributed by atoms with Crippen molar-refractivity contribution in [3.05, 3.63) is 151 Å². The summed E-state index contributed by atoms with van der Waals surface area (Å²) in [5.74, 6) is 0.911. The highest BCUT2D eigenvalue weighted by Gasteiger charge is 2.38. The lowest BCUT2D eigenvalue weighted by atomic mass is 9.88. The molecule has 10 rings (SSSR count). The molecule has 1 aliphatic heterocycles. The lowest BCUT2D eigenvalue weighted by molar-refractivity contribution is 0.622. The number of anilines is 2. The van der Waals surface area contributed by atoms with Gasteiger partial charge in [0.15, 0.2) is 5.58 Å². The van der Waals surface area contributed by atoms with E-state index < -0.39 is 0 Å². The van der Waals surface area contributed by atoms with Gasteiger partial charge >= 0.3 is 0 Å². The Bertz CT molecular complexity index is 2500. The summed E-state index contributed by atoms with van der Waals surface area (Å²) in [5.41, 5.74) is 10.2. The molecule has 0 saturated carbocycles. The van der Waals surface area contributed by atoms with Gasteiger partial charge in [-0.05, 0) is 82.1 Å². The van der Waals surface area contributed by atoms with Crippen molar-refractivity contribution in [2.24, 2.45) is 0 Å². The van der Waals surface area contributed by atoms with Crippen molar-refractivity contribution in [2.75, 3.05) is 4.90 Å². The first-order valence-electron chi connectivity index (χ1n) is 15.4. The summed E-state index contributed by atoms with van der Waals surface area (Å²) < 4.78 is 12.8. The molecule has 1 aliphatic carbocycles. The number of fused-ring (bicyclic) bond motifs is 10. The summed E-state index contributed by atoms with van der Waals surface area (Å²) in [6.07, 6.45) is 9.00. The van der Waals surface area contributed by atoms with Crippen LogP contribution in [0.5, 0.6) is 0 Å². The summed E-state index contributed by atoms with van der Waals surface area (Å²) in [6.45, 7) is 0. The van der Waals surface area contributed by atoms with E-state index >= 15 is 0 Å². The lowest BCUT2D eigenvalue weighted by Crippen LogP contribution is -2.28. The van der Waals surface area contributed by atoms with Gasteiger partial charge < -0.3 is 13.7 Å². The van der Waals surface area contributed by atoms with Crippen molar-refractivity contribution in [1.29, 1.82) is 0 Å². The molecule has 2 atom stereocenters. The van der Waals surface area contributed by atoms with Crippen molar-refractivity contribution in [1.82, 2.24) is 4.98 Å². The maximum atomic E-state index is 6.50. The van der Waals surface area contributed by atoms with E-state index in [0.717, 1.165) is 55.4 Å². The summed E-state index contributed by atoms with van der Waals surface area (Å²) >= 11 is 0. The number of oxazole rings is 1. The van der Waals surface area contributed by atoms with E-state index in [4.69, 9.17) is 13.8 Å². The van der Waals surface area contributed by atoms with Crippen LogP contribution in [0.4, 0.5) is 11.4 Å². The van der Waals surface area contributed by atoms with Crippen LogP contribution in [-0.4, -0.2) is 11.0 Å². The fourth-order valence-corrected chi connectivity index (χ4v) is 7.37. The highest BCUT2D eigenvalue weighted by molar-refractivity contribution is 6.16. The molecule has 2 aliphatic rings. The van der Waals surface area contributed by atoms with Gasteiger partial charge in [0.1, 0.15) is 16.7 Å². The molecule has 0 N–H and O–H groups in total. The molecule has 8 aromatic rings. The Morgan fingerprint density at radius 2 is 1.42 bits per heavy atom. The van der Waals surface area contributed by atoms with Gasteiger partial charge in [0.2, 0.25) is 5.89 Å². The molecule has 45 heavy (non-hydrogen) atoms. The molecular weight excluding hydrogens is 552 g/mol. The van der Waals surface area contributed by atoms with Crippen LogP contribution in [0.2, 0.25) is 0 Å². The number of rotatable bonds is 3. The number of allylic oxidation sites excluding steroid dienone is 2. The molecule has 212 valence electrons. The fraction of sp³-hybridized carbons (Fsp3) is 0.0488. The second-order valence-corrected chi connectivity index (χ2v) is 11.9. The van der Waals surface area contributed by atoms with Gasteiger partial charge in [0.05, 0.1) is 11.4 Å². The third-order valence-corrected chi connectivity index (χ3v) is 9.43. The number of nitrogens with zero attached hydrogens (tertiary/aromatic N) is 2. The first kappa shape index (κ1) is 24.6. The quantitative estimate of drug-likeness (QED) is 0.209. The highest BCUT2D eigenvalue weighted by atomic mass is 16.4.